The molecule has 0 aromatic heterocycles. The highest BCUT2D eigenvalue weighted by Gasteiger charge is 2.24. The Labute approximate surface area is 80.0 Å². The van der Waals surface area contributed by atoms with Crippen LogP contribution in [0.2, 0.25) is 0 Å². The lowest BCUT2D eigenvalue weighted by Crippen LogP contribution is -2.53. The van der Waals surface area contributed by atoms with Gasteiger partial charge in [-0.1, -0.05) is 6.92 Å². The molecule has 3 N–H and O–H groups in total. The number of quaternary nitrogens is 1. The predicted octanol–water partition coefficient (Wildman–Crippen LogP) is -0.810. The molecule has 0 spiro atoms. The van der Waals surface area contributed by atoms with Crippen molar-refractivity contribution in [2.45, 2.75) is 13.3 Å². The molecule has 0 amide bonds. The second kappa shape index (κ2) is 7.26. The molecule has 0 fully saturated rings. The minimum atomic E-state index is 0.111. The van der Waals surface area contributed by atoms with Gasteiger partial charge in [0.05, 0.1) is 26.4 Å². The Morgan fingerprint density at radius 3 is 1.38 bits per heavy atom. The first kappa shape index (κ1) is 12.8. The van der Waals surface area contributed by atoms with E-state index in [1.54, 1.807) is 0 Å². The maximum Gasteiger partial charge on any atom is 0.102 e. The Bertz CT molecular complexity index is 89.9. The van der Waals surface area contributed by atoms with Gasteiger partial charge in [0.1, 0.15) is 19.6 Å². The van der Waals surface area contributed by atoms with E-state index in [0.29, 0.717) is 24.1 Å². The van der Waals surface area contributed by atoms with Gasteiger partial charge in [0.25, 0.3) is 0 Å². The summed E-state index contributed by atoms with van der Waals surface area (Å²) in [5.74, 6) is 0. The Morgan fingerprint density at radius 2 is 1.15 bits per heavy atom. The number of nitrogens with zero attached hydrogens (tertiary/aromatic N) is 1. The van der Waals surface area contributed by atoms with Crippen molar-refractivity contribution in [3.8, 4) is 0 Å². The van der Waals surface area contributed by atoms with Crippen LogP contribution in [0, 0.1) is 0 Å². The fraction of sp³-hybridized carbons (Fsp3) is 1.00. The van der Waals surface area contributed by atoms with Gasteiger partial charge in [-0.15, -0.1) is 0 Å². The zero-order valence-corrected chi connectivity index (χ0v) is 8.45. The Morgan fingerprint density at radius 1 is 0.769 bits per heavy atom. The van der Waals surface area contributed by atoms with Gasteiger partial charge in [-0.25, -0.2) is 0 Å². The maximum atomic E-state index is 8.90. The van der Waals surface area contributed by atoms with E-state index in [0.717, 1.165) is 13.0 Å². The van der Waals surface area contributed by atoms with Gasteiger partial charge < -0.3 is 19.8 Å². The average molecular weight is 192 g/mol. The van der Waals surface area contributed by atoms with Gasteiger partial charge >= 0.3 is 0 Å². The molecule has 0 aliphatic heterocycles. The van der Waals surface area contributed by atoms with Crippen molar-refractivity contribution in [2.75, 3.05) is 46.0 Å². The summed E-state index contributed by atoms with van der Waals surface area (Å²) in [7, 11) is 0. The summed E-state index contributed by atoms with van der Waals surface area (Å²) in [5, 5.41) is 26.7. The molecule has 4 heteroatoms. The number of hydrogen-bond acceptors (Lipinski definition) is 3. The molecule has 13 heavy (non-hydrogen) atoms. The molecule has 4 nitrogen and oxygen atoms in total. The Kier molecular flexibility index (Phi) is 7.17. The number of hydrogen-bond donors (Lipinski definition) is 3. The first-order chi connectivity index (χ1) is 6.24. The summed E-state index contributed by atoms with van der Waals surface area (Å²) in [6.07, 6.45) is 1.00. The van der Waals surface area contributed by atoms with E-state index in [9.17, 15) is 0 Å². The second-order valence-electron chi connectivity index (χ2n) is 3.41. The molecular weight excluding hydrogens is 170 g/mol. The summed E-state index contributed by atoms with van der Waals surface area (Å²) in [4.78, 5) is 0. The summed E-state index contributed by atoms with van der Waals surface area (Å²) >= 11 is 0. The third-order valence-corrected chi connectivity index (χ3v) is 2.42. The zero-order chi connectivity index (χ0) is 10.2. The highest BCUT2D eigenvalue weighted by molar-refractivity contribution is 4.44. The second-order valence-corrected chi connectivity index (χ2v) is 3.41. The minimum Gasteiger partial charge on any atom is -0.391 e. The van der Waals surface area contributed by atoms with Crippen LogP contribution < -0.4 is 0 Å². The van der Waals surface area contributed by atoms with Crippen LogP contribution in [0.5, 0.6) is 0 Å². The SMILES string of the molecule is CCC[N+](CCO)(CCO)CCO. The number of aliphatic hydroxyl groups is 3. The van der Waals surface area contributed by atoms with Crippen molar-refractivity contribution >= 4 is 0 Å². The standard InChI is InChI=1S/C9H22NO3/c1-2-3-10(4-7-11,5-8-12)6-9-13/h11-13H,2-9H2,1H3/q+1. The lowest BCUT2D eigenvalue weighted by atomic mass is 10.3. The van der Waals surface area contributed by atoms with Crippen LogP contribution in [0.25, 0.3) is 0 Å². The largest absolute Gasteiger partial charge is 0.391 e. The first-order valence-electron chi connectivity index (χ1n) is 4.92. The highest BCUT2D eigenvalue weighted by Crippen LogP contribution is 2.06. The Balaban J connectivity index is 4.19. The number of aliphatic hydroxyl groups excluding tert-OH is 3. The van der Waals surface area contributed by atoms with Gasteiger partial charge in [-0.3, -0.25) is 0 Å². The van der Waals surface area contributed by atoms with E-state index >= 15 is 0 Å². The smallest absolute Gasteiger partial charge is 0.102 e. The third-order valence-electron chi connectivity index (χ3n) is 2.42. The molecular formula is C9H22NO3+. The topological polar surface area (TPSA) is 60.7 Å². The molecule has 0 aliphatic rings. The van der Waals surface area contributed by atoms with Crippen molar-refractivity contribution in [1.82, 2.24) is 0 Å². The van der Waals surface area contributed by atoms with Crippen LogP contribution in [-0.4, -0.2) is 65.8 Å². The fourth-order valence-electron chi connectivity index (χ4n) is 1.78. The summed E-state index contributed by atoms with van der Waals surface area (Å²) in [6.45, 7) is 5.17. The average Bonchev–Trinajstić information content (AvgIpc) is 2.06. The minimum absolute atomic E-state index is 0.111. The van der Waals surface area contributed by atoms with Gasteiger partial charge in [0, 0.05) is 0 Å². The lowest BCUT2D eigenvalue weighted by Gasteiger charge is -2.37. The van der Waals surface area contributed by atoms with Crippen LogP contribution in [0.15, 0.2) is 0 Å². The van der Waals surface area contributed by atoms with Crippen molar-refractivity contribution in [3.05, 3.63) is 0 Å². The van der Waals surface area contributed by atoms with E-state index in [1.807, 2.05) is 0 Å². The normalized spacial score (nSPS) is 12.0. The number of rotatable bonds is 8. The molecule has 0 aliphatic carbocycles. The molecule has 80 valence electrons. The Hall–Kier alpha value is -0.160. The van der Waals surface area contributed by atoms with Gasteiger partial charge in [-0.05, 0) is 6.42 Å². The van der Waals surface area contributed by atoms with E-state index in [2.05, 4.69) is 6.92 Å². The van der Waals surface area contributed by atoms with Crippen LogP contribution in [0.4, 0.5) is 0 Å². The van der Waals surface area contributed by atoms with Crippen molar-refractivity contribution in [2.24, 2.45) is 0 Å². The highest BCUT2D eigenvalue weighted by atomic mass is 16.3. The van der Waals surface area contributed by atoms with E-state index in [1.165, 1.54) is 0 Å². The van der Waals surface area contributed by atoms with Crippen molar-refractivity contribution in [1.29, 1.82) is 0 Å². The molecule has 0 unspecified atom stereocenters. The van der Waals surface area contributed by atoms with Crippen molar-refractivity contribution in [3.63, 3.8) is 0 Å². The summed E-state index contributed by atoms with van der Waals surface area (Å²) < 4.78 is 0.625. The van der Waals surface area contributed by atoms with E-state index in [-0.39, 0.29) is 19.8 Å². The van der Waals surface area contributed by atoms with Gasteiger partial charge in [0.15, 0.2) is 0 Å². The van der Waals surface area contributed by atoms with Gasteiger partial charge in [-0.2, -0.15) is 0 Å². The van der Waals surface area contributed by atoms with Gasteiger partial charge in [0.2, 0.25) is 0 Å². The molecule has 0 heterocycles. The fourth-order valence-corrected chi connectivity index (χ4v) is 1.78. The predicted molar refractivity (Wildman–Crippen MR) is 51.3 cm³/mol. The molecule has 0 aromatic rings. The van der Waals surface area contributed by atoms with Crippen LogP contribution in [-0.2, 0) is 0 Å². The maximum absolute atomic E-state index is 8.90. The quantitative estimate of drug-likeness (QED) is 0.441. The molecule has 0 saturated heterocycles. The van der Waals surface area contributed by atoms with E-state index < -0.39 is 0 Å². The summed E-state index contributed by atoms with van der Waals surface area (Å²) in [5.41, 5.74) is 0. The third kappa shape index (κ3) is 4.57. The molecule has 0 bridgehead atoms. The lowest BCUT2D eigenvalue weighted by molar-refractivity contribution is -0.929. The van der Waals surface area contributed by atoms with E-state index in [4.69, 9.17) is 15.3 Å². The molecule has 0 atom stereocenters. The van der Waals surface area contributed by atoms with Crippen LogP contribution in [0.3, 0.4) is 0 Å². The summed E-state index contributed by atoms with van der Waals surface area (Å²) in [6, 6.07) is 0. The monoisotopic (exact) mass is 192 g/mol. The molecule has 0 aromatic carbocycles. The van der Waals surface area contributed by atoms with Crippen molar-refractivity contribution < 1.29 is 19.8 Å². The molecule has 0 radical (unpaired) electrons. The van der Waals surface area contributed by atoms with Crippen LogP contribution in [0.1, 0.15) is 13.3 Å². The first-order valence-corrected chi connectivity index (χ1v) is 4.92. The van der Waals surface area contributed by atoms with Crippen LogP contribution >= 0.6 is 0 Å². The zero-order valence-electron chi connectivity index (χ0n) is 8.45. The molecule has 0 saturated carbocycles. The molecule has 0 rings (SSSR count).